The molecule has 0 bridgehead atoms. The zero-order chi connectivity index (χ0) is 13.9. The summed E-state index contributed by atoms with van der Waals surface area (Å²) in [6.07, 6.45) is 0. The molecule has 2 aromatic carbocycles. The molecule has 0 fully saturated rings. The maximum absolute atomic E-state index is 9.42. The van der Waals surface area contributed by atoms with E-state index in [0.29, 0.717) is 24.4 Å². The Balaban J connectivity index is 1.94. The molecule has 20 heavy (non-hydrogen) atoms. The Morgan fingerprint density at radius 3 is 2.55 bits per heavy atom. The Morgan fingerprint density at radius 1 is 1.00 bits per heavy atom. The van der Waals surface area contributed by atoms with Crippen molar-refractivity contribution in [1.82, 2.24) is 0 Å². The molecule has 0 saturated heterocycles. The lowest BCUT2D eigenvalue weighted by Gasteiger charge is -2.22. The average molecular weight is 269 g/mol. The second kappa shape index (κ2) is 5.57. The van der Waals surface area contributed by atoms with E-state index in [2.05, 4.69) is 17.0 Å². The number of anilines is 1. The highest BCUT2D eigenvalue weighted by molar-refractivity contribution is 6.59. The van der Waals surface area contributed by atoms with Gasteiger partial charge in [-0.25, -0.2) is 0 Å². The summed E-state index contributed by atoms with van der Waals surface area (Å²) in [5.41, 5.74) is 2.54. The van der Waals surface area contributed by atoms with Gasteiger partial charge in [0.15, 0.2) is 0 Å². The minimum absolute atomic E-state index is 0.428. The molecular weight excluding hydrogens is 253 g/mol. The van der Waals surface area contributed by atoms with Crippen LogP contribution in [-0.4, -0.2) is 30.3 Å². The Hall–Kier alpha value is -1.98. The molecule has 4 nitrogen and oxygen atoms in total. The van der Waals surface area contributed by atoms with E-state index >= 15 is 0 Å². The van der Waals surface area contributed by atoms with Crippen molar-refractivity contribution >= 4 is 18.3 Å². The molecule has 1 aliphatic heterocycles. The first-order valence-corrected chi connectivity index (χ1v) is 6.66. The molecule has 102 valence electrons. The van der Waals surface area contributed by atoms with Crippen molar-refractivity contribution in [2.45, 2.75) is 6.54 Å². The van der Waals surface area contributed by atoms with Crippen molar-refractivity contribution in [3.63, 3.8) is 0 Å². The minimum Gasteiger partial charge on any atom is -0.492 e. The molecule has 0 atom stereocenters. The smallest absolute Gasteiger partial charge is 0.492 e. The highest BCUT2D eigenvalue weighted by Crippen LogP contribution is 2.24. The fourth-order valence-electron chi connectivity index (χ4n) is 2.51. The number of nitrogens with zero attached hydrogens (tertiary/aromatic N) is 1. The van der Waals surface area contributed by atoms with Crippen LogP contribution >= 0.6 is 0 Å². The lowest BCUT2D eigenvalue weighted by molar-refractivity contribution is 0.331. The molecule has 2 aromatic rings. The van der Waals surface area contributed by atoms with Gasteiger partial charge >= 0.3 is 7.12 Å². The molecule has 0 unspecified atom stereocenters. The maximum atomic E-state index is 9.42. The number of benzene rings is 2. The van der Waals surface area contributed by atoms with Crippen molar-refractivity contribution in [3.8, 4) is 5.75 Å². The van der Waals surface area contributed by atoms with E-state index in [9.17, 15) is 10.0 Å². The summed E-state index contributed by atoms with van der Waals surface area (Å²) >= 11 is 0. The van der Waals surface area contributed by atoms with Crippen molar-refractivity contribution in [2.75, 3.05) is 18.1 Å². The van der Waals surface area contributed by atoms with Gasteiger partial charge in [-0.05, 0) is 12.1 Å². The van der Waals surface area contributed by atoms with E-state index in [-0.39, 0.29) is 0 Å². The van der Waals surface area contributed by atoms with E-state index in [1.165, 1.54) is 0 Å². The summed E-state index contributed by atoms with van der Waals surface area (Å²) in [5, 5.41) is 18.8. The van der Waals surface area contributed by atoms with Crippen LogP contribution in [0.5, 0.6) is 5.75 Å². The molecule has 0 radical (unpaired) electrons. The predicted molar refractivity (Wildman–Crippen MR) is 79.3 cm³/mol. The topological polar surface area (TPSA) is 52.9 Å². The summed E-state index contributed by atoms with van der Waals surface area (Å²) in [6.45, 7) is 1.98. The molecule has 0 saturated carbocycles. The van der Waals surface area contributed by atoms with Crippen molar-refractivity contribution < 1.29 is 14.8 Å². The minimum atomic E-state index is -1.51. The van der Waals surface area contributed by atoms with Crippen molar-refractivity contribution in [2.24, 2.45) is 0 Å². The Kier molecular flexibility index (Phi) is 3.63. The van der Waals surface area contributed by atoms with Gasteiger partial charge in [-0.1, -0.05) is 36.4 Å². The van der Waals surface area contributed by atoms with E-state index in [1.54, 1.807) is 6.07 Å². The Bertz CT molecular complexity index is 589. The molecule has 3 rings (SSSR count). The number of rotatable bonds is 2. The third kappa shape index (κ3) is 2.50. The summed E-state index contributed by atoms with van der Waals surface area (Å²) in [6, 6.07) is 15.6. The number of hydrogen-bond donors (Lipinski definition) is 2. The predicted octanol–water partition coefficient (Wildman–Crippen LogP) is 0.765. The molecule has 1 aliphatic rings. The zero-order valence-electron chi connectivity index (χ0n) is 11.1. The highest BCUT2D eigenvalue weighted by atomic mass is 16.5. The first-order valence-electron chi connectivity index (χ1n) is 6.66. The first kappa shape index (κ1) is 13.0. The monoisotopic (exact) mass is 269 g/mol. The molecule has 1 heterocycles. The van der Waals surface area contributed by atoms with Crippen LogP contribution in [0.2, 0.25) is 0 Å². The SMILES string of the molecule is OB(O)c1cccc2c1OCCN(c1ccccc1)C2. The fraction of sp³-hybridized carbons (Fsp3) is 0.200. The second-order valence-electron chi connectivity index (χ2n) is 4.81. The average Bonchev–Trinajstić information content (AvgIpc) is 2.69. The third-order valence-corrected chi connectivity index (χ3v) is 3.50. The van der Waals surface area contributed by atoms with Gasteiger partial charge in [-0.3, -0.25) is 0 Å². The van der Waals surface area contributed by atoms with Gasteiger partial charge in [0.25, 0.3) is 0 Å². The molecule has 2 N–H and O–H groups in total. The summed E-state index contributed by atoms with van der Waals surface area (Å²) in [4.78, 5) is 2.22. The van der Waals surface area contributed by atoms with Gasteiger partial charge in [0.05, 0.1) is 6.54 Å². The van der Waals surface area contributed by atoms with Gasteiger partial charge in [0, 0.05) is 23.3 Å². The van der Waals surface area contributed by atoms with Gasteiger partial charge in [-0.2, -0.15) is 0 Å². The quantitative estimate of drug-likeness (QED) is 0.790. The van der Waals surface area contributed by atoms with Crippen LogP contribution in [0.4, 0.5) is 5.69 Å². The largest absolute Gasteiger partial charge is 0.492 e. The van der Waals surface area contributed by atoms with Crippen LogP contribution in [0.25, 0.3) is 0 Å². The second-order valence-corrected chi connectivity index (χ2v) is 4.81. The standard InChI is InChI=1S/C15H16BNO3/c18-16(19)14-8-4-5-12-11-17(9-10-20-15(12)14)13-6-2-1-3-7-13/h1-8,18-19H,9-11H2. The molecule has 0 spiro atoms. The molecule has 0 amide bonds. The summed E-state index contributed by atoms with van der Waals surface area (Å²) < 4.78 is 5.73. The van der Waals surface area contributed by atoms with Gasteiger partial charge in [0.1, 0.15) is 12.4 Å². The molecular formula is C15H16BNO3. The summed E-state index contributed by atoms with van der Waals surface area (Å²) in [7, 11) is -1.51. The van der Waals surface area contributed by atoms with E-state index in [1.807, 2.05) is 30.3 Å². The van der Waals surface area contributed by atoms with Crippen LogP contribution in [0, 0.1) is 0 Å². The Labute approximate surface area is 118 Å². The lowest BCUT2D eigenvalue weighted by atomic mass is 9.78. The van der Waals surface area contributed by atoms with Crippen LogP contribution < -0.4 is 15.1 Å². The number of para-hydroxylation sites is 2. The van der Waals surface area contributed by atoms with Gasteiger partial charge in [-0.15, -0.1) is 0 Å². The first-order chi connectivity index (χ1) is 9.75. The fourth-order valence-corrected chi connectivity index (χ4v) is 2.51. The maximum Gasteiger partial charge on any atom is 0.492 e. The van der Waals surface area contributed by atoms with Crippen LogP contribution in [0.15, 0.2) is 48.5 Å². The van der Waals surface area contributed by atoms with Crippen LogP contribution in [0.1, 0.15) is 5.56 Å². The van der Waals surface area contributed by atoms with Crippen molar-refractivity contribution in [3.05, 3.63) is 54.1 Å². The highest BCUT2D eigenvalue weighted by Gasteiger charge is 2.23. The van der Waals surface area contributed by atoms with Crippen LogP contribution in [-0.2, 0) is 6.54 Å². The lowest BCUT2D eigenvalue weighted by Crippen LogP contribution is -2.32. The van der Waals surface area contributed by atoms with E-state index < -0.39 is 7.12 Å². The van der Waals surface area contributed by atoms with Crippen molar-refractivity contribution in [1.29, 1.82) is 0 Å². The van der Waals surface area contributed by atoms with Crippen LogP contribution in [0.3, 0.4) is 0 Å². The molecule has 5 heteroatoms. The van der Waals surface area contributed by atoms with E-state index in [4.69, 9.17) is 4.74 Å². The number of hydrogen-bond acceptors (Lipinski definition) is 4. The molecule has 0 aliphatic carbocycles. The normalized spacial score (nSPS) is 14.2. The molecule has 0 aromatic heterocycles. The van der Waals surface area contributed by atoms with Gasteiger partial charge < -0.3 is 19.7 Å². The number of ether oxygens (including phenoxy) is 1. The summed E-state index contributed by atoms with van der Waals surface area (Å²) in [5.74, 6) is 0.598. The zero-order valence-corrected chi connectivity index (χ0v) is 11.1. The van der Waals surface area contributed by atoms with Gasteiger partial charge in [0.2, 0.25) is 0 Å². The third-order valence-electron chi connectivity index (χ3n) is 3.50. The van der Waals surface area contributed by atoms with E-state index in [0.717, 1.165) is 17.8 Å². The number of fused-ring (bicyclic) bond motifs is 1. The Morgan fingerprint density at radius 2 is 1.80 bits per heavy atom.